The molecule has 0 aromatic rings. The molecule has 0 saturated heterocycles. The van der Waals surface area contributed by atoms with Crippen LogP contribution in [0.25, 0.3) is 0 Å². The summed E-state index contributed by atoms with van der Waals surface area (Å²) in [5.41, 5.74) is 0. The molecule has 1 amide bonds. The maximum absolute atomic E-state index is 11.5. The summed E-state index contributed by atoms with van der Waals surface area (Å²) in [6.45, 7) is 5.94. The lowest BCUT2D eigenvalue weighted by Gasteiger charge is -2.17. The molecule has 0 fully saturated rings. The molecule has 0 bridgehead atoms. The van der Waals surface area contributed by atoms with Gasteiger partial charge in [0.15, 0.2) is 0 Å². The molecule has 0 saturated carbocycles. The van der Waals surface area contributed by atoms with E-state index >= 15 is 0 Å². The van der Waals surface area contributed by atoms with Gasteiger partial charge in [-0.3, -0.25) is 4.79 Å². The fraction of sp³-hybridized carbons (Fsp3) is 0.900. The average molecular weight is 186 g/mol. The third-order valence-electron chi connectivity index (χ3n) is 2.06. The second-order valence-corrected chi connectivity index (χ2v) is 3.85. The summed E-state index contributed by atoms with van der Waals surface area (Å²) in [6, 6.07) is 0. The molecular weight excluding hydrogens is 164 g/mol. The van der Waals surface area contributed by atoms with Gasteiger partial charge in [-0.25, -0.2) is 0 Å². The Balaban J connectivity index is 3.57. The van der Waals surface area contributed by atoms with Gasteiger partial charge >= 0.3 is 0 Å². The highest BCUT2D eigenvalue weighted by molar-refractivity contribution is 5.75. The zero-order chi connectivity index (χ0) is 10.3. The van der Waals surface area contributed by atoms with Gasteiger partial charge in [0.1, 0.15) is 0 Å². The van der Waals surface area contributed by atoms with Crippen LogP contribution < -0.4 is 5.32 Å². The zero-order valence-electron chi connectivity index (χ0n) is 9.26. The fourth-order valence-electron chi connectivity index (χ4n) is 1.01. The van der Waals surface area contributed by atoms with Crippen molar-refractivity contribution in [3.63, 3.8) is 0 Å². The molecule has 0 radical (unpaired) electrons. The number of nitrogens with zero attached hydrogens (tertiary/aromatic N) is 1. The van der Waals surface area contributed by atoms with Crippen LogP contribution in [0.5, 0.6) is 0 Å². The second kappa shape index (κ2) is 6.89. The molecule has 3 nitrogen and oxygen atoms in total. The van der Waals surface area contributed by atoms with Crippen LogP contribution in [0.3, 0.4) is 0 Å². The van der Waals surface area contributed by atoms with Crippen molar-refractivity contribution in [2.24, 2.45) is 5.92 Å². The Kier molecular flexibility index (Phi) is 6.59. The summed E-state index contributed by atoms with van der Waals surface area (Å²) in [7, 11) is 3.76. The third-order valence-corrected chi connectivity index (χ3v) is 2.06. The minimum atomic E-state index is 0.254. The Morgan fingerprint density at radius 1 is 1.46 bits per heavy atom. The van der Waals surface area contributed by atoms with Crippen molar-refractivity contribution < 1.29 is 4.79 Å². The van der Waals surface area contributed by atoms with Crippen molar-refractivity contribution in [2.75, 3.05) is 27.2 Å². The minimum Gasteiger partial charge on any atom is -0.344 e. The molecule has 0 aliphatic rings. The van der Waals surface area contributed by atoms with Crippen molar-refractivity contribution in [1.82, 2.24) is 10.2 Å². The van der Waals surface area contributed by atoms with Crippen molar-refractivity contribution in [2.45, 2.75) is 26.7 Å². The first-order valence-electron chi connectivity index (χ1n) is 4.96. The average Bonchev–Trinajstić information content (AvgIpc) is 2.10. The molecule has 0 aromatic heterocycles. The molecule has 3 heteroatoms. The predicted octanol–water partition coefficient (Wildman–Crippen LogP) is 1.10. The number of hydrogen-bond donors (Lipinski definition) is 1. The van der Waals surface area contributed by atoms with Crippen molar-refractivity contribution in [3.05, 3.63) is 0 Å². The number of carbonyl (C=O) groups excluding carboxylic acids is 1. The van der Waals surface area contributed by atoms with E-state index in [1.165, 1.54) is 0 Å². The summed E-state index contributed by atoms with van der Waals surface area (Å²) in [5, 5.41) is 3.02. The Bertz CT molecular complexity index is 146. The lowest BCUT2D eigenvalue weighted by molar-refractivity contribution is -0.130. The topological polar surface area (TPSA) is 32.3 Å². The van der Waals surface area contributed by atoms with E-state index in [1.807, 2.05) is 14.1 Å². The largest absolute Gasteiger partial charge is 0.344 e. The third kappa shape index (κ3) is 6.58. The summed E-state index contributed by atoms with van der Waals surface area (Å²) in [6.07, 6.45) is 1.67. The van der Waals surface area contributed by atoms with E-state index in [0.717, 1.165) is 19.5 Å². The minimum absolute atomic E-state index is 0.254. The Hall–Kier alpha value is -0.570. The molecule has 0 aliphatic heterocycles. The predicted molar refractivity (Wildman–Crippen MR) is 55.6 cm³/mol. The van der Waals surface area contributed by atoms with E-state index in [4.69, 9.17) is 0 Å². The summed E-state index contributed by atoms with van der Waals surface area (Å²) in [4.78, 5) is 13.2. The van der Waals surface area contributed by atoms with E-state index in [-0.39, 0.29) is 5.91 Å². The zero-order valence-corrected chi connectivity index (χ0v) is 9.26. The Morgan fingerprint density at radius 3 is 2.54 bits per heavy atom. The first kappa shape index (κ1) is 12.4. The normalized spacial score (nSPS) is 10.5. The van der Waals surface area contributed by atoms with Crippen LogP contribution in [0.4, 0.5) is 0 Å². The molecule has 13 heavy (non-hydrogen) atoms. The number of likely N-dealkylation sites (N-methyl/N-ethyl adjacent to an activating group) is 2. The smallest absolute Gasteiger partial charge is 0.222 e. The maximum Gasteiger partial charge on any atom is 0.222 e. The van der Waals surface area contributed by atoms with Gasteiger partial charge in [0.05, 0.1) is 0 Å². The SMILES string of the molecule is CNCCN(C)C(=O)CCC(C)C. The lowest BCUT2D eigenvalue weighted by Crippen LogP contribution is -2.32. The van der Waals surface area contributed by atoms with Crippen LogP contribution in [-0.4, -0.2) is 38.0 Å². The highest BCUT2D eigenvalue weighted by Crippen LogP contribution is 2.04. The molecule has 1 N–H and O–H groups in total. The standard InChI is InChI=1S/C10H22N2O/c1-9(2)5-6-10(13)12(4)8-7-11-3/h9,11H,5-8H2,1-4H3. The molecule has 0 heterocycles. The van der Waals surface area contributed by atoms with E-state index in [2.05, 4.69) is 19.2 Å². The first-order chi connectivity index (χ1) is 6.07. The van der Waals surface area contributed by atoms with Crippen LogP contribution in [0.2, 0.25) is 0 Å². The first-order valence-corrected chi connectivity index (χ1v) is 4.96. The molecular formula is C10H22N2O. The maximum atomic E-state index is 11.5. The Morgan fingerprint density at radius 2 is 2.08 bits per heavy atom. The van der Waals surface area contributed by atoms with Crippen molar-refractivity contribution in [1.29, 1.82) is 0 Å². The molecule has 78 valence electrons. The lowest BCUT2D eigenvalue weighted by atomic mass is 10.1. The highest BCUT2D eigenvalue weighted by Gasteiger charge is 2.07. The van der Waals surface area contributed by atoms with E-state index in [1.54, 1.807) is 4.90 Å². The van der Waals surface area contributed by atoms with E-state index in [0.29, 0.717) is 12.3 Å². The highest BCUT2D eigenvalue weighted by atomic mass is 16.2. The molecule has 0 rings (SSSR count). The molecule has 0 atom stereocenters. The van der Waals surface area contributed by atoms with Crippen LogP contribution >= 0.6 is 0 Å². The van der Waals surface area contributed by atoms with Crippen LogP contribution in [0, 0.1) is 5.92 Å². The van der Waals surface area contributed by atoms with Gasteiger partial charge in [0.25, 0.3) is 0 Å². The second-order valence-electron chi connectivity index (χ2n) is 3.85. The van der Waals surface area contributed by atoms with Gasteiger partial charge in [-0.2, -0.15) is 0 Å². The number of amides is 1. The quantitative estimate of drug-likeness (QED) is 0.673. The monoisotopic (exact) mass is 186 g/mol. The molecule has 0 unspecified atom stereocenters. The van der Waals surface area contributed by atoms with Gasteiger partial charge in [0.2, 0.25) is 5.91 Å². The number of carbonyl (C=O) groups is 1. The number of rotatable bonds is 6. The summed E-state index contributed by atoms with van der Waals surface area (Å²) < 4.78 is 0. The van der Waals surface area contributed by atoms with Gasteiger partial charge in [-0.15, -0.1) is 0 Å². The van der Waals surface area contributed by atoms with Gasteiger partial charge in [-0.05, 0) is 19.4 Å². The van der Waals surface area contributed by atoms with Gasteiger partial charge in [-0.1, -0.05) is 13.8 Å². The van der Waals surface area contributed by atoms with Gasteiger partial charge < -0.3 is 10.2 Å². The molecule has 0 aliphatic carbocycles. The number of hydrogen-bond acceptors (Lipinski definition) is 2. The van der Waals surface area contributed by atoms with E-state index in [9.17, 15) is 4.79 Å². The van der Waals surface area contributed by atoms with Crippen LogP contribution in [0.15, 0.2) is 0 Å². The van der Waals surface area contributed by atoms with E-state index < -0.39 is 0 Å². The van der Waals surface area contributed by atoms with Crippen LogP contribution in [0.1, 0.15) is 26.7 Å². The fourth-order valence-corrected chi connectivity index (χ4v) is 1.01. The Labute approximate surface area is 81.5 Å². The summed E-state index contributed by atoms with van der Waals surface area (Å²) in [5.74, 6) is 0.866. The van der Waals surface area contributed by atoms with Crippen LogP contribution in [-0.2, 0) is 4.79 Å². The van der Waals surface area contributed by atoms with Gasteiger partial charge in [0, 0.05) is 26.6 Å². The molecule has 0 spiro atoms. The summed E-state index contributed by atoms with van der Waals surface area (Å²) >= 11 is 0. The van der Waals surface area contributed by atoms with Crippen molar-refractivity contribution in [3.8, 4) is 0 Å². The van der Waals surface area contributed by atoms with Crippen molar-refractivity contribution >= 4 is 5.91 Å². The number of nitrogens with one attached hydrogen (secondary N) is 1. The molecule has 0 aromatic carbocycles.